The van der Waals surface area contributed by atoms with E-state index in [0.717, 1.165) is 22.3 Å². The second kappa shape index (κ2) is 7.95. The molecule has 4 atom stereocenters. The monoisotopic (exact) mass is 404 g/mol. The molecule has 1 amide bonds. The third-order valence-corrected chi connectivity index (χ3v) is 7.93. The van der Waals surface area contributed by atoms with Crippen LogP contribution < -0.4 is 5.32 Å². The summed E-state index contributed by atoms with van der Waals surface area (Å²) in [4.78, 5) is 14.0. The number of thioether (sulfide) groups is 1. The van der Waals surface area contributed by atoms with Crippen LogP contribution in [-0.2, 0) is 4.79 Å². The summed E-state index contributed by atoms with van der Waals surface area (Å²) in [5.74, 6) is 2.28. The molecule has 7 heteroatoms. The highest BCUT2D eigenvalue weighted by Gasteiger charge is 2.33. The zero-order chi connectivity index (χ0) is 19.0. The highest BCUT2D eigenvalue weighted by Crippen LogP contribution is 2.42. The van der Waals surface area contributed by atoms with Crippen LogP contribution in [-0.4, -0.2) is 32.0 Å². The molecule has 0 unspecified atom stereocenters. The molecule has 2 heterocycles. The lowest BCUT2D eigenvalue weighted by atomic mass is 9.78. The van der Waals surface area contributed by atoms with E-state index in [0.29, 0.717) is 23.9 Å². The Morgan fingerprint density at radius 1 is 1.30 bits per heavy atom. The molecule has 2 aromatic heterocycles. The number of nitrogens with one attached hydrogen (secondary N) is 1. The van der Waals surface area contributed by atoms with Crippen LogP contribution >= 0.6 is 23.1 Å². The molecule has 2 aliphatic rings. The highest BCUT2D eigenvalue weighted by molar-refractivity contribution is 8.00. The van der Waals surface area contributed by atoms with Crippen molar-refractivity contribution in [1.82, 2.24) is 20.1 Å². The number of hydrogen-bond donors (Lipinski definition) is 1. The van der Waals surface area contributed by atoms with Gasteiger partial charge in [-0.15, -0.1) is 21.5 Å². The van der Waals surface area contributed by atoms with Gasteiger partial charge >= 0.3 is 0 Å². The summed E-state index contributed by atoms with van der Waals surface area (Å²) in [6.45, 7) is 6.54. The number of aromatic nitrogens is 3. The van der Waals surface area contributed by atoms with Crippen molar-refractivity contribution >= 4 is 29.0 Å². The van der Waals surface area contributed by atoms with E-state index in [2.05, 4.69) is 45.4 Å². The Hall–Kier alpha value is -1.34. The molecule has 0 aromatic carbocycles. The van der Waals surface area contributed by atoms with Crippen LogP contribution in [0.5, 0.6) is 0 Å². The van der Waals surface area contributed by atoms with Crippen LogP contribution in [0.15, 0.2) is 22.7 Å². The summed E-state index contributed by atoms with van der Waals surface area (Å²) >= 11 is 3.22. The van der Waals surface area contributed by atoms with Crippen molar-refractivity contribution < 1.29 is 4.79 Å². The van der Waals surface area contributed by atoms with Crippen LogP contribution in [0.4, 0.5) is 0 Å². The van der Waals surface area contributed by atoms with E-state index >= 15 is 0 Å². The first-order valence-corrected chi connectivity index (χ1v) is 11.8. The number of thiophene rings is 1. The van der Waals surface area contributed by atoms with E-state index < -0.39 is 0 Å². The van der Waals surface area contributed by atoms with E-state index in [1.54, 1.807) is 11.3 Å². The molecule has 2 fully saturated rings. The molecule has 0 bridgehead atoms. The van der Waals surface area contributed by atoms with Crippen molar-refractivity contribution in [3.8, 4) is 10.7 Å². The zero-order valence-electron chi connectivity index (χ0n) is 16.2. The minimum atomic E-state index is -0.174. The van der Waals surface area contributed by atoms with Gasteiger partial charge in [0.25, 0.3) is 0 Å². The summed E-state index contributed by atoms with van der Waals surface area (Å²) in [5.41, 5.74) is 0. The van der Waals surface area contributed by atoms with Crippen LogP contribution in [0.3, 0.4) is 0 Å². The number of hydrogen-bond acceptors (Lipinski definition) is 5. The fourth-order valence-corrected chi connectivity index (χ4v) is 5.52. The van der Waals surface area contributed by atoms with Gasteiger partial charge in [-0.05, 0) is 49.5 Å². The van der Waals surface area contributed by atoms with E-state index in [9.17, 15) is 4.79 Å². The Balaban J connectivity index is 1.45. The van der Waals surface area contributed by atoms with E-state index in [4.69, 9.17) is 0 Å². The molecule has 0 spiro atoms. The van der Waals surface area contributed by atoms with E-state index in [1.807, 2.05) is 13.0 Å². The molecular formula is C20H28N4OS2. The molecule has 1 N–H and O–H groups in total. The molecule has 2 saturated carbocycles. The Morgan fingerprint density at radius 2 is 2.11 bits per heavy atom. The lowest BCUT2D eigenvalue weighted by Crippen LogP contribution is -2.46. The van der Waals surface area contributed by atoms with Gasteiger partial charge in [-0.2, -0.15) is 0 Å². The first kappa shape index (κ1) is 19.0. The van der Waals surface area contributed by atoms with Crippen molar-refractivity contribution in [2.75, 3.05) is 0 Å². The SMILES string of the molecule is C[C@@H]1[C@H](C)CCC[C@@H]1NC(=O)[C@@H](C)Sc1nnc(-c2cccs2)n1C1CC1. The molecule has 146 valence electrons. The highest BCUT2D eigenvalue weighted by atomic mass is 32.2. The molecule has 5 nitrogen and oxygen atoms in total. The Morgan fingerprint density at radius 3 is 2.81 bits per heavy atom. The Bertz CT molecular complexity index is 784. The van der Waals surface area contributed by atoms with Crippen molar-refractivity contribution in [3.63, 3.8) is 0 Å². The van der Waals surface area contributed by atoms with Crippen molar-refractivity contribution in [2.45, 2.75) is 75.4 Å². The predicted octanol–water partition coefficient (Wildman–Crippen LogP) is 4.76. The molecule has 0 saturated heterocycles. The Labute approximate surface area is 169 Å². The van der Waals surface area contributed by atoms with Gasteiger partial charge in [0.1, 0.15) is 0 Å². The van der Waals surface area contributed by atoms with Crippen LogP contribution in [0.25, 0.3) is 10.7 Å². The van der Waals surface area contributed by atoms with Crippen molar-refractivity contribution in [1.29, 1.82) is 0 Å². The fraction of sp³-hybridized carbons (Fsp3) is 0.650. The van der Waals surface area contributed by atoms with Crippen LogP contribution in [0.1, 0.15) is 58.9 Å². The van der Waals surface area contributed by atoms with Gasteiger partial charge < -0.3 is 5.32 Å². The lowest BCUT2D eigenvalue weighted by molar-refractivity contribution is -0.121. The number of amides is 1. The largest absolute Gasteiger partial charge is 0.352 e. The standard InChI is InChI=1S/C20H28N4OS2/c1-12-6-4-7-16(13(12)2)21-19(25)14(3)27-20-23-22-18(17-8-5-11-26-17)24(20)15-9-10-15/h5,8,11-16H,4,6-7,9-10H2,1-3H3,(H,21,25)/t12-,13-,14-,16+/m1/s1. The fourth-order valence-electron chi connectivity index (χ4n) is 3.89. The van der Waals surface area contributed by atoms with E-state index in [1.165, 1.54) is 37.4 Å². The quantitative estimate of drug-likeness (QED) is 0.705. The third-order valence-electron chi connectivity index (χ3n) is 6.00. The summed E-state index contributed by atoms with van der Waals surface area (Å²) in [6.07, 6.45) is 5.91. The Kier molecular flexibility index (Phi) is 5.60. The average Bonchev–Trinajstić information content (AvgIpc) is 3.17. The number of carbonyl (C=O) groups excluding carboxylic acids is 1. The van der Waals surface area contributed by atoms with Crippen molar-refractivity contribution in [2.24, 2.45) is 11.8 Å². The molecule has 4 rings (SSSR count). The molecule has 2 aromatic rings. The zero-order valence-corrected chi connectivity index (χ0v) is 17.9. The third kappa shape index (κ3) is 4.09. The van der Waals surface area contributed by atoms with Gasteiger partial charge in [-0.1, -0.05) is 44.5 Å². The predicted molar refractivity (Wildman–Crippen MR) is 111 cm³/mol. The smallest absolute Gasteiger partial charge is 0.233 e. The lowest BCUT2D eigenvalue weighted by Gasteiger charge is -2.35. The van der Waals surface area contributed by atoms with Crippen molar-refractivity contribution in [3.05, 3.63) is 17.5 Å². The van der Waals surface area contributed by atoms with Gasteiger partial charge in [0.15, 0.2) is 11.0 Å². The summed E-state index contributed by atoms with van der Waals surface area (Å²) < 4.78 is 2.24. The van der Waals surface area contributed by atoms with E-state index in [-0.39, 0.29) is 11.2 Å². The average molecular weight is 405 g/mol. The summed E-state index contributed by atoms with van der Waals surface area (Å²) in [5, 5.41) is 14.9. The first-order valence-electron chi connectivity index (χ1n) is 10.0. The normalized spacial score (nSPS) is 26.7. The van der Waals surface area contributed by atoms with Gasteiger partial charge in [-0.25, -0.2) is 0 Å². The number of rotatable bonds is 6. The van der Waals surface area contributed by atoms with Gasteiger partial charge in [-0.3, -0.25) is 9.36 Å². The number of carbonyl (C=O) groups is 1. The summed E-state index contributed by atoms with van der Waals surface area (Å²) in [7, 11) is 0. The summed E-state index contributed by atoms with van der Waals surface area (Å²) in [6, 6.07) is 4.91. The maximum Gasteiger partial charge on any atom is 0.233 e. The molecule has 0 radical (unpaired) electrons. The van der Waals surface area contributed by atoms with Gasteiger partial charge in [0.05, 0.1) is 10.1 Å². The second-order valence-electron chi connectivity index (χ2n) is 8.03. The minimum absolute atomic E-state index is 0.119. The molecular weight excluding hydrogens is 376 g/mol. The number of nitrogens with zero attached hydrogens (tertiary/aromatic N) is 3. The molecule has 0 aliphatic heterocycles. The van der Waals surface area contributed by atoms with Gasteiger partial charge in [0, 0.05) is 12.1 Å². The van der Waals surface area contributed by atoms with Crippen LogP contribution in [0, 0.1) is 11.8 Å². The minimum Gasteiger partial charge on any atom is -0.352 e. The van der Waals surface area contributed by atoms with Gasteiger partial charge in [0.2, 0.25) is 5.91 Å². The molecule has 27 heavy (non-hydrogen) atoms. The van der Waals surface area contributed by atoms with Crippen LogP contribution in [0.2, 0.25) is 0 Å². The maximum atomic E-state index is 12.8. The topological polar surface area (TPSA) is 59.8 Å². The molecule has 2 aliphatic carbocycles. The first-order chi connectivity index (χ1) is 13.0. The maximum absolute atomic E-state index is 12.8. The second-order valence-corrected chi connectivity index (χ2v) is 10.3.